The zero-order valence-electron chi connectivity index (χ0n) is 15.9. The van der Waals surface area contributed by atoms with Crippen molar-refractivity contribution < 1.29 is 5.11 Å². The summed E-state index contributed by atoms with van der Waals surface area (Å²) in [5, 5.41) is 10.9. The number of rotatable bonds is 5. The monoisotopic (exact) mass is 328 g/mol. The highest BCUT2D eigenvalue weighted by Gasteiger charge is 2.38. The van der Waals surface area contributed by atoms with Gasteiger partial charge in [0.1, 0.15) is 0 Å². The zero-order chi connectivity index (χ0) is 17.9. The molecule has 0 aliphatic carbocycles. The molecule has 0 spiro atoms. The fourth-order valence-electron chi connectivity index (χ4n) is 3.80. The maximum absolute atomic E-state index is 10.9. The highest BCUT2D eigenvalue weighted by Crippen LogP contribution is 2.46. The summed E-state index contributed by atoms with van der Waals surface area (Å²) < 4.78 is 2.25. The number of imidazole rings is 1. The first-order valence-corrected chi connectivity index (χ1v) is 9.30. The van der Waals surface area contributed by atoms with Gasteiger partial charge in [0.25, 0.3) is 0 Å². The summed E-state index contributed by atoms with van der Waals surface area (Å²) in [6, 6.07) is 8.73. The number of aliphatic hydroxyl groups excluding tert-OH is 1. The Morgan fingerprint density at radius 2 is 1.79 bits per heavy atom. The Hall–Kier alpha value is -1.61. The van der Waals surface area contributed by atoms with Crippen LogP contribution in [-0.4, -0.2) is 20.8 Å². The minimum atomic E-state index is -0.311. The molecule has 132 valence electrons. The van der Waals surface area contributed by atoms with Crippen LogP contribution >= 0.6 is 0 Å². The Morgan fingerprint density at radius 1 is 1.12 bits per heavy atom. The normalized spacial score (nSPS) is 18.0. The van der Waals surface area contributed by atoms with Crippen LogP contribution in [0.2, 0.25) is 0 Å². The van der Waals surface area contributed by atoms with Crippen molar-refractivity contribution in [3.63, 3.8) is 0 Å². The van der Waals surface area contributed by atoms with Crippen LogP contribution in [0, 0.1) is 17.8 Å². The zero-order valence-corrected chi connectivity index (χ0v) is 15.9. The molecular weight excluding hydrogens is 296 g/mol. The van der Waals surface area contributed by atoms with Gasteiger partial charge in [0.15, 0.2) is 0 Å². The van der Waals surface area contributed by atoms with Crippen LogP contribution in [0.3, 0.4) is 0 Å². The highest BCUT2D eigenvalue weighted by molar-refractivity contribution is 5.69. The number of hydrogen-bond donors (Lipinski definition) is 1. The van der Waals surface area contributed by atoms with Gasteiger partial charge in [-0.25, -0.2) is 4.98 Å². The van der Waals surface area contributed by atoms with Crippen molar-refractivity contribution in [2.45, 2.75) is 60.1 Å². The lowest BCUT2D eigenvalue weighted by atomic mass is 9.79. The Morgan fingerprint density at radius 3 is 2.42 bits per heavy atom. The molecule has 0 fully saturated rings. The minimum absolute atomic E-state index is 0.188. The van der Waals surface area contributed by atoms with Crippen molar-refractivity contribution in [3.05, 3.63) is 42.4 Å². The van der Waals surface area contributed by atoms with E-state index in [4.69, 9.17) is 0 Å². The molecule has 3 rings (SSSR count). The van der Waals surface area contributed by atoms with E-state index in [2.05, 4.69) is 61.5 Å². The van der Waals surface area contributed by atoms with Crippen molar-refractivity contribution >= 4 is 0 Å². The number of nitrogens with zero attached hydrogens (tertiary/aromatic N) is 2. The summed E-state index contributed by atoms with van der Waals surface area (Å²) >= 11 is 0. The second kappa shape index (κ2) is 7.98. The van der Waals surface area contributed by atoms with Gasteiger partial charge >= 0.3 is 0 Å². The summed E-state index contributed by atoms with van der Waals surface area (Å²) in [5.41, 5.74) is 3.75. The molecule has 1 aliphatic rings. The minimum Gasteiger partial charge on any atom is -0.392 e. The predicted molar refractivity (Wildman–Crippen MR) is 101 cm³/mol. The van der Waals surface area contributed by atoms with Gasteiger partial charge in [0.05, 0.1) is 30.4 Å². The molecule has 3 nitrogen and oxygen atoms in total. The molecular formula is C21H32N2O. The molecule has 0 saturated heterocycles. The van der Waals surface area contributed by atoms with Crippen molar-refractivity contribution in [2.75, 3.05) is 0 Å². The maximum atomic E-state index is 10.9. The molecule has 1 aliphatic heterocycles. The average molecular weight is 329 g/mol. The number of fused-ring (bicyclic) bond motifs is 3. The Kier molecular flexibility index (Phi) is 6.22. The second-order valence-corrected chi connectivity index (χ2v) is 7.25. The summed E-state index contributed by atoms with van der Waals surface area (Å²) in [6.07, 6.45) is 4.55. The summed E-state index contributed by atoms with van der Waals surface area (Å²) in [6.45, 7) is 12.7. The molecule has 0 bridgehead atoms. The number of benzene rings is 1. The first-order valence-electron chi connectivity index (χ1n) is 9.30. The van der Waals surface area contributed by atoms with Crippen LogP contribution in [0.25, 0.3) is 11.3 Å². The predicted octanol–water partition coefficient (Wildman–Crippen LogP) is 5.16. The lowest BCUT2D eigenvalue weighted by molar-refractivity contribution is 0.0364. The van der Waals surface area contributed by atoms with Crippen molar-refractivity contribution in [1.29, 1.82) is 0 Å². The van der Waals surface area contributed by atoms with E-state index in [1.807, 2.05) is 26.4 Å². The van der Waals surface area contributed by atoms with Crippen LogP contribution in [0.4, 0.5) is 0 Å². The van der Waals surface area contributed by atoms with E-state index in [1.165, 1.54) is 16.8 Å². The molecule has 0 amide bonds. The molecule has 0 radical (unpaired) electrons. The first kappa shape index (κ1) is 18.7. The van der Waals surface area contributed by atoms with E-state index >= 15 is 0 Å². The molecule has 0 saturated carbocycles. The molecule has 2 heterocycles. The summed E-state index contributed by atoms with van der Waals surface area (Å²) in [5.74, 6) is 1.01. The molecule has 1 aromatic carbocycles. The van der Waals surface area contributed by atoms with Crippen LogP contribution in [0.15, 0.2) is 36.8 Å². The third kappa shape index (κ3) is 3.41. The van der Waals surface area contributed by atoms with Gasteiger partial charge in [-0.2, -0.15) is 0 Å². The molecule has 0 unspecified atom stereocenters. The molecule has 1 aromatic heterocycles. The van der Waals surface area contributed by atoms with Crippen LogP contribution in [-0.2, 0) is 0 Å². The SMILES string of the molecule is CC.CC(C)C[C@H]([C@H](O)C(C)C)[C@@H]1c2ccccc2-c2cncn21. The lowest BCUT2D eigenvalue weighted by Crippen LogP contribution is -2.34. The Labute approximate surface area is 146 Å². The van der Waals surface area contributed by atoms with Crippen LogP contribution in [0.1, 0.15) is 59.6 Å². The number of hydrogen-bond acceptors (Lipinski definition) is 2. The Bertz CT molecular complexity index is 645. The third-order valence-corrected chi connectivity index (χ3v) is 4.79. The Balaban J connectivity index is 0.00000100. The number of aromatic nitrogens is 2. The fourth-order valence-corrected chi connectivity index (χ4v) is 3.80. The van der Waals surface area contributed by atoms with Crippen molar-refractivity contribution in [3.8, 4) is 11.3 Å². The maximum Gasteiger partial charge on any atom is 0.0956 e. The smallest absolute Gasteiger partial charge is 0.0956 e. The summed E-state index contributed by atoms with van der Waals surface area (Å²) in [7, 11) is 0. The van der Waals surface area contributed by atoms with E-state index in [0.717, 1.165) is 6.42 Å². The highest BCUT2D eigenvalue weighted by atomic mass is 16.3. The van der Waals surface area contributed by atoms with Gasteiger partial charge in [-0.15, -0.1) is 0 Å². The van der Waals surface area contributed by atoms with E-state index in [1.54, 1.807) is 0 Å². The van der Waals surface area contributed by atoms with E-state index < -0.39 is 0 Å². The lowest BCUT2D eigenvalue weighted by Gasteiger charge is -2.33. The largest absolute Gasteiger partial charge is 0.392 e. The van der Waals surface area contributed by atoms with E-state index in [0.29, 0.717) is 5.92 Å². The van der Waals surface area contributed by atoms with Crippen LogP contribution < -0.4 is 0 Å². The first-order chi connectivity index (χ1) is 11.5. The van der Waals surface area contributed by atoms with Gasteiger partial charge in [-0.3, -0.25) is 0 Å². The number of aliphatic hydroxyl groups is 1. The van der Waals surface area contributed by atoms with E-state index in [9.17, 15) is 5.11 Å². The molecule has 3 heteroatoms. The topological polar surface area (TPSA) is 38.1 Å². The van der Waals surface area contributed by atoms with Gasteiger partial charge in [-0.1, -0.05) is 65.8 Å². The standard InChI is InChI=1S/C19H26N2O.C2H6/c1-12(2)9-16(19(22)13(3)4)18-15-8-6-5-7-14(15)17-10-20-11-21(17)18;1-2/h5-8,10-13,16,18-19,22H,9H2,1-4H3;1-2H3/t16-,18-,19+;/m0./s1. The van der Waals surface area contributed by atoms with Gasteiger partial charge in [-0.05, 0) is 23.8 Å². The molecule has 2 aromatic rings. The molecule has 24 heavy (non-hydrogen) atoms. The van der Waals surface area contributed by atoms with Gasteiger partial charge < -0.3 is 9.67 Å². The molecule has 3 atom stereocenters. The fraction of sp³-hybridized carbons (Fsp3) is 0.571. The average Bonchev–Trinajstić information content (AvgIpc) is 3.14. The van der Waals surface area contributed by atoms with E-state index in [-0.39, 0.29) is 24.0 Å². The third-order valence-electron chi connectivity index (χ3n) is 4.79. The van der Waals surface area contributed by atoms with Crippen LogP contribution in [0.5, 0.6) is 0 Å². The summed E-state index contributed by atoms with van der Waals surface area (Å²) in [4.78, 5) is 4.34. The quantitative estimate of drug-likeness (QED) is 0.823. The van der Waals surface area contributed by atoms with Crippen molar-refractivity contribution in [1.82, 2.24) is 9.55 Å². The second-order valence-electron chi connectivity index (χ2n) is 7.25. The van der Waals surface area contributed by atoms with Crippen molar-refractivity contribution in [2.24, 2.45) is 17.8 Å². The van der Waals surface area contributed by atoms with Gasteiger partial charge in [0.2, 0.25) is 0 Å². The molecule has 1 N–H and O–H groups in total. The van der Waals surface area contributed by atoms with Gasteiger partial charge in [0, 0.05) is 11.5 Å².